The number of para-hydroxylation sites is 1. The largest absolute Gasteiger partial charge is 0.496 e. The van der Waals surface area contributed by atoms with Gasteiger partial charge in [-0.1, -0.05) is 18.2 Å². The molecule has 1 aromatic carbocycles. The van der Waals surface area contributed by atoms with Crippen molar-refractivity contribution in [1.29, 1.82) is 0 Å². The summed E-state index contributed by atoms with van der Waals surface area (Å²) in [5.74, 6) is 1.56. The van der Waals surface area contributed by atoms with Gasteiger partial charge in [-0.15, -0.1) is 11.3 Å². The predicted octanol–water partition coefficient (Wildman–Crippen LogP) is 4.19. The number of thiophene rings is 1. The van der Waals surface area contributed by atoms with E-state index in [0.29, 0.717) is 11.4 Å². The van der Waals surface area contributed by atoms with Gasteiger partial charge >= 0.3 is 0 Å². The Morgan fingerprint density at radius 1 is 1.21 bits per heavy atom. The molecule has 2 aromatic heterocycles. The van der Waals surface area contributed by atoms with E-state index in [1.807, 2.05) is 45.9 Å². The number of hydrogen-bond donors (Lipinski definition) is 2. The van der Waals surface area contributed by atoms with Crippen LogP contribution in [0.15, 0.2) is 30.6 Å². The molecule has 0 radical (unpaired) electrons. The maximum atomic E-state index is 12.6. The van der Waals surface area contributed by atoms with Gasteiger partial charge in [0.15, 0.2) is 0 Å². The van der Waals surface area contributed by atoms with E-state index in [4.69, 9.17) is 4.74 Å². The van der Waals surface area contributed by atoms with Gasteiger partial charge < -0.3 is 15.4 Å². The molecule has 0 spiro atoms. The highest BCUT2D eigenvalue weighted by molar-refractivity contribution is 7.20. The van der Waals surface area contributed by atoms with Gasteiger partial charge in [-0.25, -0.2) is 9.97 Å². The van der Waals surface area contributed by atoms with Crippen molar-refractivity contribution in [2.24, 2.45) is 0 Å². The Balaban J connectivity index is 1.81. The number of fused-ring (bicyclic) bond motifs is 1. The summed E-state index contributed by atoms with van der Waals surface area (Å²) in [7, 11) is 1.68. The second-order valence-corrected chi connectivity index (χ2v) is 8.65. The van der Waals surface area contributed by atoms with Gasteiger partial charge in [0.25, 0.3) is 5.91 Å². The van der Waals surface area contributed by atoms with Crippen LogP contribution >= 0.6 is 11.3 Å². The van der Waals surface area contributed by atoms with Crippen molar-refractivity contribution < 1.29 is 9.53 Å². The molecule has 3 rings (SSSR count). The normalized spacial score (nSPS) is 11.5. The summed E-state index contributed by atoms with van der Waals surface area (Å²) in [5.41, 5.74) is 1.75. The number of carbonyl (C=O) groups excluding carboxylic acids is 1. The molecule has 0 bridgehead atoms. The standard InChI is InChI=1S/C21H26N4O2S/c1-13-16-18(22-11-10-14-8-6-7-9-15(14)27-5)23-12-24-20(16)28-17(13)19(26)25-21(2,3)4/h6-9,12H,10-11H2,1-5H3,(H,25,26)(H,22,23,24). The average molecular weight is 399 g/mol. The van der Waals surface area contributed by atoms with Crippen molar-refractivity contribution in [2.75, 3.05) is 19.0 Å². The first kappa shape index (κ1) is 20.1. The number of ether oxygens (including phenoxy) is 1. The summed E-state index contributed by atoms with van der Waals surface area (Å²) in [6, 6.07) is 7.98. The van der Waals surface area contributed by atoms with Crippen LogP contribution in [0.2, 0.25) is 0 Å². The number of amides is 1. The molecular formula is C21H26N4O2S. The molecule has 28 heavy (non-hydrogen) atoms. The molecule has 6 nitrogen and oxygen atoms in total. The summed E-state index contributed by atoms with van der Waals surface area (Å²) in [5, 5.41) is 7.33. The number of hydrogen-bond acceptors (Lipinski definition) is 6. The Morgan fingerprint density at radius 3 is 2.68 bits per heavy atom. The lowest BCUT2D eigenvalue weighted by Gasteiger charge is -2.20. The Bertz CT molecular complexity index is 992. The van der Waals surface area contributed by atoms with Gasteiger partial charge in [0.2, 0.25) is 0 Å². The number of nitrogens with one attached hydrogen (secondary N) is 2. The van der Waals surface area contributed by atoms with Crippen LogP contribution in [-0.4, -0.2) is 35.1 Å². The zero-order valence-corrected chi connectivity index (χ0v) is 17.7. The van der Waals surface area contributed by atoms with E-state index in [2.05, 4.69) is 26.7 Å². The molecule has 0 saturated heterocycles. The number of anilines is 1. The first-order valence-corrected chi connectivity index (χ1v) is 10.0. The van der Waals surface area contributed by atoms with Crippen LogP contribution in [0.25, 0.3) is 10.2 Å². The highest BCUT2D eigenvalue weighted by Gasteiger charge is 2.22. The maximum absolute atomic E-state index is 12.6. The Kier molecular flexibility index (Phi) is 5.84. The molecule has 0 aliphatic rings. The fourth-order valence-corrected chi connectivity index (χ4v) is 4.09. The second-order valence-electron chi connectivity index (χ2n) is 7.65. The average Bonchev–Trinajstić information content (AvgIpc) is 2.98. The second kappa shape index (κ2) is 8.14. The Morgan fingerprint density at radius 2 is 1.96 bits per heavy atom. The van der Waals surface area contributed by atoms with Crippen LogP contribution in [0.1, 0.15) is 41.6 Å². The number of aromatic nitrogens is 2. The summed E-state index contributed by atoms with van der Waals surface area (Å²) >= 11 is 1.40. The van der Waals surface area contributed by atoms with Crippen LogP contribution in [-0.2, 0) is 6.42 Å². The lowest BCUT2D eigenvalue weighted by molar-refractivity contribution is 0.0923. The van der Waals surface area contributed by atoms with Crippen molar-refractivity contribution >= 4 is 33.3 Å². The lowest BCUT2D eigenvalue weighted by atomic mass is 10.1. The predicted molar refractivity (Wildman–Crippen MR) is 115 cm³/mol. The van der Waals surface area contributed by atoms with Crippen LogP contribution in [0.3, 0.4) is 0 Å². The first-order valence-electron chi connectivity index (χ1n) is 9.22. The van der Waals surface area contributed by atoms with Gasteiger partial charge in [-0.3, -0.25) is 4.79 Å². The van der Waals surface area contributed by atoms with E-state index in [1.54, 1.807) is 7.11 Å². The third kappa shape index (κ3) is 4.42. The van der Waals surface area contributed by atoms with E-state index >= 15 is 0 Å². The summed E-state index contributed by atoms with van der Waals surface area (Å²) in [4.78, 5) is 22.9. The number of rotatable bonds is 6. The van der Waals surface area contributed by atoms with E-state index in [9.17, 15) is 4.79 Å². The molecule has 148 valence electrons. The SMILES string of the molecule is COc1ccccc1CCNc1ncnc2sc(C(=O)NC(C)(C)C)c(C)c12. The minimum absolute atomic E-state index is 0.0760. The molecule has 0 unspecified atom stereocenters. The Labute approximate surface area is 169 Å². The van der Waals surface area contributed by atoms with Gasteiger partial charge in [-0.05, 0) is 51.3 Å². The van der Waals surface area contributed by atoms with Crippen LogP contribution in [0.5, 0.6) is 5.75 Å². The first-order chi connectivity index (χ1) is 13.3. The van der Waals surface area contributed by atoms with Gasteiger partial charge in [0.05, 0.1) is 17.4 Å². The van der Waals surface area contributed by atoms with E-state index in [1.165, 1.54) is 17.7 Å². The van der Waals surface area contributed by atoms with Crippen LogP contribution in [0.4, 0.5) is 5.82 Å². The highest BCUT2D eigenvalue weighted by atomic mass is 32.1. The quantitative estimate of drug-likeness (QED) is 0.651. The lowest BCUT2D eigenvalue weighted by Crippen LogP contribution is -2.40. The molecule has 0 aliphatic carbocycles. The zero-order valence-electron chi connectivity index (χ0n) is 16.9. The van der Waals surface area contributed by atoms with Crippen LogP contribution < -0.4 is 15.4 Å². The van der Waals surface area contributed by atoms with Crippen molar-refractivity contribution in [3.05, 3.63) is 46.6 Å². The molecule has 3 aromatic rings. The molecular weight excluding hydrogens is 372 g/mol. The minimum atomic E-state index is -0.290. The fraction of sp³-hybridized carbons (Fsp3) is 0.381. The number of nitrogens with zero attached hydrogens (tertiary/aromatic N) is 2. The summed E-state index contributed by atoms with van der Waals surface area (Å²) in [6.45, 7) is 8.56. The maximum Gasteiger partial charge on any atom is 0.262 e. The number of carbonyl (C=O) groups is 1. The van der Waals surface area contributed by atoms with E-state index in [-0.39, 0.29) is 11.4 Å². The molecule has 1 amide bonds. The monoisotopic (exact) mass is 398 g/mol. The number of benzene rings is 1. The number of methoxy groups -OCH3 is 1. The zero-order chi connectivity index (χ0) is 20.3. The fourth-order valence-electron chi connectivity index (χ4n) is 3.04. The van der Waals surface area contributed by atoms with Gasteiger partial charge in [-0.2, -0.15) is 0 Å². The molecule has 2 heterocycles. The Hall–Kier alpha value is -2.67. The van der Waals surface area contributed by atoms with E-state index in [0.717, 1.165) is 39.3 Å². The minimum Gasteiger partial charge on any atom is -0.496 e. The highest BCUT2D eigenvalue weighted by Crippen LogP contribution is 2.33. The molecule has 2 N–H and O–H groups in total. The van der Waals surface area contributed by atoms with Crippen molar-refractivity contribution in [3.8, 4) is 5.75 Å². The van der Waals surface area contributed by atoms with Crippen molar-refractivity contribution in [2.45, 2.75) is 39.7 Å². The van der Waals surface area contributed by atoms with Crippen molar-refractivity contribution in [3.63, 3.8) is 0 Å². The van der Waals surface area contributed by atoms with E-state index < -0.39 is 0 Å². The molecule has 7 heteroatoms. The summed E-state index contributed by atoms with van der Waals surface area (Å²) < 4.78 is 5.41. The van der Waals surface area contributed by atoms with Crippen LogP contribution in [0, 0.1) is 6.92 Å². The molecule has 0 aliphatic heterocycles. The molecule has 0 atom stereocenters. The summed E-state index contributed by atoms with van der Waals surface area (Å²) in [6.07, 6.45) is 2.34. The van der Waals surface area contributed by atoms with Gasteiger partial charge in [0, 0.05) is 12.1 Å². The molecule has 0 saturated carbocycles. The van der Waals surface area contributed by atoms with Gasteiger partial charge in [0.1, 0.15) is 22.7 Å². The smallest absolute Gasteiger partial charge is 0.262 e. The third-order valence-electron chi connectivity index (χ3n) is 4.30. The number of aryl methyl sites for hydroxylation is 1. The van der Waals surface area contributed by atoms with Crippen molar-refractivity contribution in [1.82, 2.24) is 15.3 Å². The topological polar surface area (TPSA) is 76.1 Å². The third-order valence-corrected chi connectivity index (χ3v) is 5.50. The molecule has 0 fully saturated rings.